The summed E-state index contributed by atoms with van der Waals surface area (Å²) in [5, 5.41) is 0. The zero-order chi connectivity index (χ0) is 14.8. The Bertz CT molecular complexity index is 667. The van der Waals surface area contributed by atoms with Gasteiger partial charge < -0.3 is 9.64 Å². The first kappa shape index (κ1) is 13.6. The van der Waals surface area contributed by atoms with E-state index in [1.807, 2.05) is 31.2 Å². The third-order valence-electron chi connectivity index (χ3n) is 3.62. The molecule has 0 spiro atoms. The maximum atomic E-state index is 13.2. The maximum Gasteiger partial charge on any atom is 0.264 e. The molecule has 1 aliphatic rings. The molecule has 0 aromatic heterocycles. The van der Waals surface area contributed by atoms with E-state index in [0.717, 1.165) is 16.8 Å². The molecule has 108 valence electrons. The summed E-state index contributed by atoms with van der Waals surface area (Å²) in [5.74, 6) is 0.298. The Kier molecular flexibility index (Phi) is 3.60. The van der Waals surface area contributed by atoms with Gasteiger partial charge >= 0.3 is 0 Å². The first-order chi connectivity index (χ1) is 10.1. The van der Waals surface area contributed by atoms with Gasteiger partial charge in [0, 0.05) is 12.2 Å². The van der Waals surface area contributed by atoms with Gasteiger partial charge in [-0.3, -0.25) is 4.79 Å². The van der Waals surface area contributed by atoms with Crippen molar-refractivity contribution in [3.8, 4) is 5.75 Å². The van der Waals surface area contributed by atoms with Gasteiger partial charge in [0.1, 0.15) is 11.6 Å². The number of anilines is 1. The molecule has 4 heteroatoms. The monoisotopic (exact) mass is 285 g/mol. The van der Waals surface area contributed by atoms with Crippen LogP contribution in [0.25, 0.3) is 0 Å². The Balaban J connectivity index is 1.66. The third-order valence-corrected chi connectivity index (χ3v) is 3.62. The molecule has 21 heavy (non-hydrogen) atoms. The van der Waals surface area contributed by atoms with Crippen molar-refractivity contribution >= 4 is 11.6 Å². The largest absolute Gasteiger partial charge is 0.484 e. The van der Waals surface area contributed by atoms with Crippen LogP contribution in [0.2, 0.25) is 0 Å². The molecule has 0 saturated carbocycles. The summed E-state index contributed by atoms with van der Waals surface area (Å²) in [5.41, 5.74) is 2.80. The number of fused-ring (bicyclic) bond motifs is 1. The fraction of sp³-hybridized carbons (Fsp3) is 0.235. The number of benzene rings is 2. The number of amides is 1. The molecule has 0 aliphatic carbocycles. The number of rotatable bonds is 3. The van der Waals surface area contributed by atoms with E-state index in [1.165, 1.54) is 12.1 Å². The summed E-state index contributed by atoms with van der Waals surface area (Å²) in [6.45, 7) is 2.56. The highest BCUT2D eigenvalue weighted by atomic mass is 19.1. The first-order valence-corrected chi connectivity index (χ1v) is 6.92. The van der Waals surface area contributed by atoms with Crippen LogP contribution in [0, 0.1) is 12.7 Å². The Labute approximate surface area is 123 Å². The van der Waals surface area contributed by atoms with Gasteiger partial charge in [0.05, 0.1) is 0 Å². The Morgan fingerprint density at radius 1 is 1.24 bits per heavy atom. The molecule has 1 heterocycles. The molecule has 0 N–H and O–H groups in total. The molecule has 1 amide bonds. The van der Waals surface area contributed by atoms with Crippen molar-refractivity contribution in [1.82, 2.24) is 0 Å². The molecule has 0 radical (unpaired) electrons. The van der Waals surface area contributed by atoms with Gasteiger partial charge in [0.25, 0.3) is 5.91 Å². The molecular weight excluding hydrogens is 269 g/mol. The first-order valence-electron chi connectivity index (χ1n) is 6.92. The van der Waals surface area contributed by atoms with Crippen LogP contribution in [0.15, 0.2) is 42.5 Å². The fourth-order valence-corrected chi connectivity index (χ4v) is 2.49. The maximum absolute atomic E-state index is 13.2. The predicted octanol–water partition coefficient (Wildman–Crippen LogP) is 3.10. The SMILES string of the molecule is Cc1ccc(OCC(=O)N2CCc3cc(F)ccc32)cc1. The predicted molar refractivity (Wildman–Crippen MR) is 79.1 cm³/mol. The quantitative estimate of drug-likeness (QED) is 0.867. The van der Waals surface area contributed by atoms with Gasteiger partial charge in [-0.15, -0.1) is 0 Å². The standard InChI is InChI=1S/C17H16FNO2/c1-12-2-5-15(6-3-12)21-11-17(20)19-9-8-13-10-14(18)4-7-16(13)19/h2-7,10H,8-9,11H2,1H3. The molecule has 0 bridgehead atoms. The molecule has 2 aromatic rings. The van der Waals surface area contributed by atoms with Crippen LogP contribution in [-0.4, -0.2) is 19.1 Å². The summed E-state index contributed by atoms with van der Waals surface area (Å²) in [6.07, 6.45) is 0.684. The van der Waals surface area contributed by atoms with E-state index in [2.05, 4.69) is 0 Å². The van der Waals surface area contributed by atoms with E-state index in [1.54, 1.807) is 11.0 Å². The van der Waals surface area contributed by atoms with Crippen LogP contribution in [0.1, 0.15) is 11.1 Å². The lowest BCUT2D eigenvalue weighted by atomic mass is 10.2. The third kappa shape index (κ3) is 2.89. The Hall–Kier alpha value is -2.36. The number of hydrogen-bond donors (Lipinski definition) is 0. The lowest BCUT2D eigenvalue weighted by Gasteiger charge is -2.17. The lowest BCUT2D eigenvalue weighted by Crippen LogP contribution is -2.33. The topological polar surface area (TPSA) is 29.5 Å². The number of halogens is 1. The number of carbonyl (C=O) groups excluding carboxylic acids is 1. The van der Waals surface area contributed by atoms with Gasteiger partial charge in [0.15, 0.2) is 6.61 Å². The van der Waals surface area contributed by atoms with Crippen molar-refractivity contribution in [3.63, 3.8) is 0 Å². The minimum atomic E-state index is -0.265. The number of ether oxygens (including phenoxy) is 1. The summed E-state index contributed by atoms with van der Waals surface area (Å²) in [7, 11) is 0. The van der Waals surface area contributed by atoms with Gasteiger partial charge in [-0.25, -0.2) is 4.39 Å². The number of carbonyl (C=O) groups is 1. The number of nitrogens with zero attached hydrogens (tertiary/aromatic N) is 1. The summed E-state index contributed by atoms with van der Waals surface area (Å²) in [4.78, 5) is 13.9. The van der Waals surface area contributed by atoms with E-state index >= 15 is 0 Å². The van der Waals surface area contributed by atoms with Crippen molar-refractivity contribution in [3.05, 3.63) is 59.4 Å². The average Bonchev–Trinajstić information content (AvgIpc) is 2.89. The zero-order valence-electron chi connectivity index (χ0n) is 11.8. The molecule has 3 nitrogen and oxygen atoms in total. The van der Waals surface area contributed by atoms with E-state index < -0.39 is 0 Å². The van der Waals surface area contributed by atoms with Crippen LogP contribution in [0.3, 0.4) is 0 Å². The molecule has 0 unspecified atom stereocenters. The highest BCUT2D eigenvalue weighted by molar-refractivity contribution is 5.96. The van der Waals surface area contributed by atoms with Gasteiger partial charge in [-0.2, -0.15) is 0 Å². The summed E-state index contributed by atoms with van der Waals surface area (Å²) >= 11 is 0. The number of aryl methyl sites for hydroxylation is 1. The minimum absolute atomic E-state index is 0.0140. The number of hydrogen-bond acceptors (Lipinski definition) is 2. The molecule has 0 saturated heterocycles. The van der Waals surface area contributed by atoms with Crippen LogP contribution in [0.4, 0.5) is 10.1 Å². The van der Waals surface area contributed by atoms with E-state index in [9.17, 15) is 9.18 Å². The Morgan fingerprint density at radius 3 is 2.76 bits per heavy atom. The van der Waals surface area contributed by atoms with E-state index in [0.29, 0.717) is 18.7 Å². The molecule has 0 atom stereocenters. The zero-order valence-corrected chi connectivity index (χ0v) is 11.8. The molecule has 2 aromatic carbocycles. The van der Waals surface area contributed by atoms with Crippen LogP contribution in [0.5, 0.6) is 5.75 Å². The lowest BCUT2D eigenvalue weighted by molar-refractivity contribution is -0.120. The van der Waals surface area contributed by atoms with Crippen LogP contribution >= 0.6 is 0 Å². The average molecular weight is 285 g/mol. The van der Waals surface area contributed by atoms with E-state index in [-0.39, 0.29) is 18.3 Å². The van der Waals surface area contributed by atoms with Gasteiger partial charge in [0.2, 0.25) is 0 Å². The van der Waals surface area contributed by atoms with Crippen molar-refractivity contribution in [2.24, 2.45) is 0 Å². The molecular formula is C17H16FNO2. The summed E-state index contributed by atoms with van der Waals surface area (Å²) < 4.78 is 18.7. The van der Waals surface area contributed by atoms with Gasteiger partial charge in [-0.1, -0.05) is 17.7 Å². The molecule has 1 aliphatic heterocycles. The van der Waals surface area contributed by atoms with Crippen molar-refractivity contribution in [1.29, 1.82) is 0 Å². The second-order valence-electron chi connectivity index (χ2n) is 5.17. The highest BCUT2D eigenvalue weighted by Crippen LogP contribution is 2.28. The molecule has 3 rings (SSSR count). The summed E-state index contributed by atoms with van der Waals surface area (Å²) in [6, 6.07) is 12.1. The minimum Gasteiger partial charge on any atom is -0.484 e. The van der Waals surface area contributed by atoms with Crippen molar-refractivity contribution in [2.45, 2.75) is 13.3 Å². The second-order valence-corrected chi connectivity index (χ2v) is 5.17. The fourth-order valence-electron chi connectivity index (χ4n) is 2.49. The van der Waals surface area contributed by atoms with Crippen LogP contribution < -0.4 is 9.64 Å². The highest BCUT2D eigenvalue weighted by Gasteiger charge is 2.25. The van der Waals surface area contributed by atoms with E-state index in [4.69, 9.17) is 4.74 Å². The van der Waals surface area contributed by atoms with Gasteiger partial charge in [-0.05, 0) is 49.2 Å². The Morgan fingerprint density at radius 2 is 2.00 bits per heavy atom. The second kappa shape index (κ2) is 5.56. The van der Waals surface area contributed by atoms with Crippen molar-refractivity contribution < 1.29 is 13.9 Å². The van der Waals surface area contributed by atoms with Crippen LogP contribution in [-0.2, 0) is 11.2 Å². The van der Waals surface area contributed by atoms with Crippen molar-refractivity contribution in [2.75, 3.05) is 18.1 Å². The molecule has 0 fully saturated rings. The smallest absolute Gasteiger partial charge is 0.264 e. The normalized spacial score (nSPS) is 13.1.